The molecule has 2 saturated carbocycles. The lowest BCUT2D eigenvalue weighted by Crippen LogP contribution is -2.31. The first-order chi connectivity index (χ1) is 12.8. The quantitative estimate of drug-likeness (QED) is 0.302. The summed E-state index contributed by atoms with van der Waals surface area (Å²) in [6.45, 7) is 11.4. The van der Waals surface area contributed by atoms with Gasteiger partial charge in [-0.3, -0.25) is 9.59 Å². The second-order valence-electron chi connectivity index (χ2n) is 10.1. The molecule has 0 amide bonds. The Hall–Kier alpha value is -0.100. The first kappa shape index (κ1) is 25.9. The van der Waals surface area contributed by atoms with Gasteiger partial charge in [0.2, 0.25) is 0 Å². The first-order valence-corrected chi connectivity index (χ1v) is 12.3. The molecule has 0 bridgehead atoms. The van der Waals surface area contributed by atoms with Gasteiger partial charge >= 0.3 is 11.9 Å². The van der Waals surface area contributed by atoms with Crippen molar-refractivity contribution in [2.45, 2.75) is 115 Å². The molecule has 0 saturated heterocycles. The highest BCUT2D eigenvalue weighted by Gasteiger charge is 2.29. The fourth-order valence-corrected chi connectivity index (χ4v) is 4.26. The molecule has 2 rings (SSSR count). The Balaban J connectivity index is 0.000000280. The van der Waals surface area contributed by atoms with Gasteiger partial charge in [-0.1, -0.05) is 31.9 Å². The van der Waals surface area contributed by atoms with Gasteiger partial charge in [0.15, 0.2) is 0 Å². The second-order valence-corrected chi connectivity index (χ2v) is 12.7. The van der Waals surface area contributed by atoms with Gasteiger partial charge in [-0.15, -0.1) is 0 Å². The van der Waals surface area contributed by atoms with Gasteiger partial charge in [0.1, 0.15) is 12.2 Å². The zero-order valence-corrected chi connectivity index (χ0v) is 21.5. The Morgan fingerprint density at radius 1 is 0.679 bits per heavy atom. The summed E-state index contributed by atoms with van der Waals surface area (Å²) < 4.78 is 10.9. The average Bonchev–Trinajstić information content (AvgIpc) is 2.56. The van der Waals surface area contributed by atoms with Crippen molar-refractivity contribution in [1.29, 1.82) is 0 Å². The van der Waals surface area contributed by atoms with Crippen molar-refractivity contribution in [3.05, 3.63) is 0 Å². The molecular weight excluding hydrogens is 488 g/mol. The monoisotopic (exact) mass is 524 g/mol. The highest BCUT2D eigenvalue weighted by Crippen LogP contribution is 2.29. The van der Waals surface area contributed by atoms with Gasteiger partial charge in [0.25, 0.3) is 0 Å². The summed E-state index contributed by atoms with van der Waals surface area (Å²) in [4.78, 5) is 24.3. The summed E-state index contributed by atoms with van der Waals surface area (Å²) in [5.74, 6) is -0.153. The van der Waals surface area contributed by atoms with E-state index in [2.05, 4.69) is 31.9 Å². The molecule has 2 aliphatic carbocycles. The SMILES string of the molecule is CC(C)(C)C(=O)OC1CCC(Br)CC1.CC(C)(C)C(=O)OC1CCCC(Br)C1. The third-order valence-electron chi connectivity index (χ3n) is 4.94. The highest BCUT2D eigenvalue weighted by molar-refractivity contribution is 9.09. The molecular formula is C22H38Br2O4. The lowest BCUT2D eigenvalue weighted by molar-refractivity contribution is -0.160. The number of carbonyl (C=O) groups is 2. The number of halogens is 2. The van der Waals surface area contributed by atoms with Crippen molar-refractivity contribution in [1.82, 2.24) is 0 Å². The van der Waals surface area contributed by atoms with Crippen molar-refractivity contribution >= 4 is 43.8 Å². The van der Waals surface area contributed by atoms with E-state index in [1.165, 1.54) is 6.42 Å². The summed E-state index contributed by atoms with van der Waals surface area (Å²) >= 11 is 7.16. The molecule has 164 valence electrons. The summed E-state index contributed by atoms with van der Waals surface area (Å²) in [6.07, 6.45) is 8.82. The first-order valence-electron chi connectivity index (χ1n) is 10.5. The van der Waals surface area contributed by atoms with Crippen molar-refractivity contribution in [3.8, 4) is 0 Å². The maximum Gasteiger partial charge on any atom is 0.311 e. The number of alkyl halides is 2. The van der Waals surface area contributed by atoms with Crippen LogP contribution >= 0.6 is 31.9 Å². The molecule has 0 aliphatic heterocycles. The minimum atomic E-state index is -0.376. The molecule has 2 aliphatic rings. The largest absolute Gasteiger partial charge is 0.462 e. The smallest absolute Gasteiger partial charge is 0.311 e. The zero-order chi connectivity index (χ0) is 21.5. The summed E-state index contributed by atoms with van der Waals surface area (Å²) in [5.41, 5.74) is -0.746. The van der Waals surface area contributed by atoms with Gasteiger partial charge < -0.3 is 9.47 Å². The van der Waals surface area contributed by atoms with E-state index in [-0.39, 0.29) is 35.0 Å². The lowest BCUT2D eigenvalue weighted by Gasteiger charge is -2.28. The van der Waals surface area contributed by atoms with Crippen molar-refractivity contribution in [3.63, 3.8) is 0 Å². The van der Waals surface area contributed by atoms with Crippen LogP contribution in [0.4, 0.5) is 0 Å². The molecule has 0 heterocycles. The van der Waals surface area contributed by atoms with E-state index in [4.69, 9.17) is 9.47 Å². The zero-order valence-electron chi connectivity index (χ0n) is 18.4. The summed E-state index contributed by atoms with van der Waals surface area (Å²) in [5, 5.41) is 0. The molecule has 2 atom stereocenters. The van der Waals surface area contributed by atoms with Crippen LogP contribution in [0.2, 0.25) is 0 Å². The van der Waals surface area contributed by atoms with E-state index >= 15 is 0 Å². The van der Waals surface area contributed by atoms with Gasteiger partial charge in [0.05, 0.1) is 10.8 Å². The standard InChI is InChI=1S/2C11H19BrO2/c1-11(2,3)10(13)14-9-6-4-8(12)5-7-9;1-11(2,3)10(13)14-9-6-4-5-8(12)7-9/h2*8-9H,4-7H2,1-3H3. The van der Waals surface area contributed by atoms with Crippen molar-refractivity contribution in [2.75, 3.05) is 0 Å². The number of esters is 2. The second kappa shape index (κ2) is 11.3. The van der Waals surface area contributed by atoms with Crippen LogP contribution in [-0.4, -0.2) is 33.8 Å². The maximum absolute atomic E-state index is 11.6. The fourth-order valence-electron chi connectivity index (χ4n) is 2.99. The molecule has 4 nitrogen and oxygen atoms in total. The predicted octanol–water partition coefficient (Wildman–Crippen LogP) is 6.56. The number of hydrogen-bond donors (Lipinski definition) is 0. The molecule has 28 heavy (non-hydrogen) atoms. The molecule has 0 radical (unpaired) electrons. The van der Waals surface area contributed by atoms with Crippen LogP contribution in [0.5, 0.6) is 0 Å². The minimum absolute atomic E-state index is 0.0736. The molecule has 0 N–H and O–H groups in total. The fraction of sp³-hybridized carbons (Fsp3) is 0.909. The van der Waals surface area contributed by atoms with Crippen LogP contribution in [0.15, 0.2) is 0 Å². The molecule has 2 fully saturated rings. The molecule has 2 unspecified atom stereocenters. The number of ether oxygens (including phenoxy) is 2. The summed E-state index contributed by atoms with van der Waals surface area (Å²) in [6, 6.07) is 0. The van der Waals surface area contributed by atoms with E-state index in [0.717, 1.165) is 44.9 Å². The average molecular weight is 526 g/mol. The molecule has 0 spiro atoms. The van der Waals surface area contributed by atoms with Crippen LogP contribution in [0, 0.1) is 10.8 Å². The number of carbonyl (C=O) groups excluding carboxylic acids is 2. The molecule has 0 aromatic heterocycles. The van der Waals surface area contributed by atoms with Gasteiger partial charge in [-0.05, 0) is 92.9 Å². The van der Waals surface area contributed by atoms with Crippen LogP contribution in [0.25, 0.3) is 0 Å². The van der Waals surface area contributed by atoms with Crippen LogP contribution in [0.3, 0.4) is 0 Å². The Morgan fingerprint density at radius 2 is 1.14 bits per heavy atom. The normalized spacial score (nSPS) is 28.6. The Morgan fingerprint density at radius 3 is 1.57 bits per heavy atom. The molecule has 6 heteroatoms. The lowest BCUT2D eigenvalue weighted by atomic mass is 9.95. The Bertz CT molecular complexity index is 500. The number of rotatable bonds is 2. The van der Waals surface area contributed by atoms with Gasteiger partial charge in [-0.25, -0.2) is 0 Å². The van der Waals surface area contributed by atoms with Crippen LogP contribution < -0.4 is 0 Å². The predicted molar refractivity (Wildman–Crippen MR) is 121 cm³/mol. The third-order valence-corrected chi connectivity index (χ3v) is 6.69. The summed E-state index contributed by atoms with van der Waals surface area (Å²) in [7, 11) is 0. The molecule has 0 aromatic rings. The third kappa shape index (κ3) is 10.1. The van der Waals surface area contributed by atoms with Crippen molar-refractivity contribution in [2.24, 2.45) is 10.8 Å². The maximum atomic E-state index is 11.6. The topological polar surface area (TPSA) is 52.6 Å². The van der Waals surface area contributed by atoms with Crippen LogP contribution in [0.1, 0.15) is 92.9 Å². The van der Waals surface area contributed by atoms with E-state index in [0.29, 0.717) is 9.65 Å². The highest BCUT2D eigenvalue weighted by atomic mass is 79.9. The van der Waals surface area contributed by atoms with Gasteiger partial charge in [-0.2, -0.15) is 0 Å². The van der Waals surface area contributed by atoms with E-state index < -0.39 is 0 Å². The van der Waals surface area contributed by atoms with Crippen molar-refractivity contribution < 1.29 is 19.1 Å². The Kier molecular flexibility index (Phi) is 10.5. The van der Waals surface area contributed by atoms with Gasteiger partial charge in [0, 0.05) is 9.65 Å². The molecule has 0 aromatic carbocycles. The van der Waals surface area contributed by atoms with Crippen LogP contribution in [-0.2, 0) is 19.1 Å². The minimum Gasteiger partial charge on any atom is -0.462 e. The number of hydrogen-bond acceptors (Lipinski definition) is 4. The Labute approximate surface area is 188 Å². The van der Waals surface area contributed by atoms with E-state index in [1.54, 1.807) is 0 Å². The van der Waals surface area contributed by atoms with E-state index in [1.807, 2.05) is 41.5 Å². The van der Waals surface area contributed by atoms with E-state index in [9.17, 15) is 9.59 Å².